The number of aryl methyl sites for hydroxylation is 1. The highest BCUT2D eigenvalue weighted by molar-refractivity contribution is 5.94. The van der Waals surface area contributed by atoms with Crippen molar-refractivity contribution in [3.63, 3.8) is 0 Å². The van der Waals surface area contributed by atoms with Gasteiger partial charge >= 0.3 is 5.69 Å². The van der Waals surface area contributed by atoms with Gasteiger partial charge in [-0.2, -0.15) is 0 Å². The summed E-state index contributed by atoms with van der Waals surface area (Å²) in [6.45, 7) is 0. The van der Waals surface area contributed by atoms with Gasteiger partial charge in [0.1, 0.15) is 22.3 Å². The lowest BCUT2D eigenvalue weighted by Crippen LogP contribution is -2.41. The summed E-state index contributed by atoms with van der Waals surface area (Å²) < 4.78 is 3.23. The topological polar surface area (TPSA) is 142 Å². The third-order valence-corrected chi connectivity index (χ3v) is 6.01. The Kier molecular flexibility index (Phi) is 6.01. The van der Waals surface area contributed by atoms with Gasteiger partial charge in [0.05, 0.1) is 22.0 Å². The van der Waals surface area contributed by atoms with Crippen LogP contribution in [0, 0.1) is 10.1 Å². The molecule has 0 fully saturated rings. The highest BCUT2D eigenvalue weighted by atomic mass is 16.6. The summed E-state index contributed by atoms with van der Waals surface area (Å²) in [5.74, 6) is -0.645. The number of nitro groups is 1. The molecule has 0 amide bonds. The number of aromatic hydroxyl groups is 1. The second-order valence-electron chi connectivity index (χ2n) is 8.29. The number of non-ortho nitro benzene ring substituents is 1. The number of hydrogen-bond acceptors (Lipinski definition) is 7. The summed E-state index contributed by atoms with van der Waals surface area (Å²) in [6.07, 6.45) is 1.09. The van der Waals surface area contributed by atoms with Crippen molar-refractivity contribution in [3.05, 3.63) is 132 Å². The molecule has 11 nitrogen and oxygen atoms in total. The Balaban J connectivity index is 1.84. The van der Waals surface area contributed by atoms with Gasteiger partial charge in [-0.3, -0.25) is 29.3 Å². The molecule has 0 radical (unpaired) electrons. The van der Waals surface area contributed by atoms with Crippen LogP contribution in [0.25, 0.3) is 22.4 Å². The molecule has 0 aliphatic heterocycles. The SMILES string of the molecule is Cn1c(=O)c(C=Nc2ccc([N+](=O)[O-])cc2)c(O)c2c(=O)n(-c3ccccc3)c(=O)n(-c3ccccc3)c21. The van der Waals surface area contributed by atoms with E-state index in [1.54, 1.807) is 60.7 Å². The molecule has 0 saturated heterocycles. The lowest BCUT2D eigenvalue weighted by molar-refractivity contribution is -0.384. The van der Waals surface area contributed by atoms with Crippen LogP contribution in [-0.2, 0) is 7.05 Å². The number of pyridine rings is 1. The van der Waals surface area contributed by atoms with E-state index in [1.165, 1.54) is 35.9 Å². The Bertz CT molecular complexity index is 1910. The lowest BCUT2D eigenvalue weighted by Gasteiger charge is -2.18. The van der Waals surface area contributed by atoms with Crippen molar-refractivity contribution in [1.29, 1.82) is 0 Å². The Morgan fingerprint density at radius 1 is 0.816 bits per heavy atom. The van der Waals surface area contributed by atoms with E-state index >= 15 is 0 Å². The molecule has 2 aromatic heterocycles. The third kappa shape index (κ3) is 3.97. The van der Waals surface area contributed by atoms with E-state index in [0.29, 0.717) is 5.69 Å². The lowest BCUT2D eigenvalue weighted by atomic mass is 10.1. The summed E-state index contributed by atoms with van der Waals surface area (Å²) in [5.41, 5.74) is -1.80. The Labute approximate surface area is 213 Å². The largest absolute Gasteiger partial charge is 0.506 e. The van der Waals surface area contributed by atoms with Gasteiger partial charge in [-0.1, -0.05) is 36.4 Å². The molecule has 3 aromatic carbocycles. The van der Waals surface area contributed by atoms with Crippen molar-refractivity contribution < 1.29 is 10.0 Å². The highest BCUT2D eigenvalue weighted by Crippen LogP contribution is 2.25. The van der Waals surface area contributed by atoms with Gasteiger partial charge in [0, 0.05) is 25.4 Å². The Hall–Kier alpha value is -5.58. The van der Waals surface area contributed by atoms with Crippen LogP contribution in [0.1, 0.15) is 5.56 Å². The van der Waals surface area contributed by atoms with Gasteiger partial charge in [-0.05, 0) is 36.4 Å². The van der Waals surface area contributed by atoms with Crippen LogP contribution in [0.3, 0.4) is 0 Å². The zero-order chi connectivity index (χ0) is 27.0. The fourth-order valence-electron chi connectivity index (χ4n) is 4.16. The van der Waals surface area contributed by atoms with Gasteiger partial charge in [-0.15, -0.1) is 0 Å². The number of nitrogens with zero attached hydrogens (tertiary/aromatic N) is 5. The number of para-hydroxylation sites is 2. The van der Waals surface area contributed by atoms with Crippen LogP contribution in [-0.4, -0.2) is 29.9 Å². The van der Waals surface area contributed by atoms with Gasteiger partial charge in [0.2, 0.25) is 0 Å². The van der Waals surface area contributed by atoms with E-state index in [1.807, 2.05) is 0 Å². The molecule has 0 bridgehead atoms. The Morgan fingerprint density at radius 2 is 1.37 bits per heavy atom. The summed E-state index contributed by atoms with van der Waals surface area (Å²) in [6, 6.07) is 22.0. The molecule has 0 aliphatic carbocycles. The first-order valence-corrected chi connectivity index (χ1v) is 11.3. The molecule has 1 N–H and O–H groups in total. The first-order chi connectivity index (χ1) is 18.3. The van der Waals surface area contributed by atoms with Crippen molar-refractivity contribution in [1.82, 2.24) is 13.7 Å². The van der Waals surface area contributed by atoms with E-state index in [0.717, 1.165) is 15.3 Å². The molecule has 38 heavy (non-hydrogen) atoms. The van der Waals surface area contributed by atoms with Gasteiger partial charge in [0.15, 0.2) is 0 Å². The number of aliphatic imine (C=N–C) groups is 1. The van der Waals surface area contributed by atoms with Gasteiger partial charge < -0.3 is 5.11 Å². The fourth-order valence-corrected chi connectivity index (χ4v) is 4.16. The molecule has 5 aromatic rings. The van der Waals surface area contributed by atoms with E-state index in [9.17, 15) is 29.6 Å². The van der Waals surface area contributed by atoms with E-state index in [-0.39, 0.29) is 33.7 Å². The molecular weight excluding hydrogens is 490 g/mol. The van der Waals surface area contributed by atoms with Crippen molar-refractivity contribution in [2.24, 2.45) is 12.0 Å². The zero-order valence-corrected chi connectivity index (χ0v) is 19.9. The quantitative estimate of drug-likeness (QED) is 0.219. The van der Waals surface area contributed by atoms with Crippen LogP contribution in [0.4, 0.5) is 11.4 Å². The highest BCUT2D eigenvalue weighted by Gasteiger charge is 2.24. The van der Waals surface area contributed by atoms with Crippen LogP contribution in [0.2, 0.25) is 0 Å². The van der Waals surface area contributed by atoms with E-state index < -0.39 is 27.5 Å². The molecule has 0 unspecified atom stereocenters. The number of benzene rings is 3. The van der Waals surface area contributed by atoms with Crippen molar-refractivity contribution in [2.45, 2.75) is 0 Å². The average molecular weight is 509 g/mol. The maximum absolute atomic E-state index is 13.7. The van der Waals surface area contributed by atoms with Crippen molar-refractivity contribution >= 4 is 28.6 Å². The number of hydrogen-bond donors (Lipinski definition) is 1. The smallest absolute Gasteiger partial charge is 0.341 e. The van der Waals surface area contributed by atoms with E-state index in [2.05, 4.69) is 4.99 Å². The number of rotatable bonds is 5. The van der Waals surface area contributed by atoms with Crippen LogP contribution < -0.4 is 16.8 Å². The van der Waals surface area contributed by atoms with Crippen molar-refractivity contribution in [3.8, 4) is 17.1 Å². The first-order valence-electron chi connectivity index (χ1n) is 11.3. The zero-order valence-electron chi connectivity index (χ0n) is 19.9. The number of aromatic nitrogens is 3. The standard InChI is InChI=1S/C27H19N5O6/c1-29-24-22(23(33)21(25(29)34)16-28-17-12-14-20(15-13-17)32(37)38)26(35)31(19-10-6-3-7-11-19)27(36)30(24)18-8-4-2-5-9-18/h2-16,33H,1H3. The molecule has 0 aliphatic rings. The second kappa shape index (κ2) is 9.47. The number of fused-ring (bicyclic) bond motifs is 1. The summed E-state index contributed by atoms with van der Waals surface area (Å²) >= 11 is 0. The molecule has 0 atom stereocenters. The summed E-state index contributed by atoms with van der Waals surface area (Å²) in [7, 11) is 1.39. The molecular formula is C27H19N5O6. The molecule has 0 saturated carbocycles. The molecule has 0 spiro atoms. The minimum Gasteiger partial charge on any atom is -0.506 e. The second-order valence-corrected chi connectivity index (χ2v) is 8.29. The third-order valence-electron chi connectivity index (χ3n) is 6.01. The predicted molar refractivity (Wildman–Crippen MR) is 142 cm³/mol. The minimum absolute atomic E-state index is 0.0895. The maximum Gasteiger partial charge on any atom is 0.341 e. The predicted octanol–water partition coefficient (Wildman–Crippen LogP) is 3.20. The molecule has 11 heteroatoms. The molecule has 2 heterocycles. The van der Waals surface area contributed by atoms with E-state index in [4.69, 9.17) is 0 Å². The molecule has 5 rings (SSSR count). The van der Waals surface area contributed by atoms with Crippen LogP contribution in [0.5, 0.6) is 5.75 Å². The minimum atomic E-state index is -0.818. The Morgan fingerprint density at radius 3 is 1.92 bits per heavy atom. The summed E-state index contributed by atoms with van der Waals surface area (Å²) in [5, 5.41) is 21.9. The van der Waals surface area contributed by atoms with Crippen LogP contribution >= 0.6 is 0 Å². The van der Waals surface area contributed by atoms with Gasteiger partial charge in [-0.25, -0.2) is 13.9 Å². The molecule has 188 valence electrons. The first kappa shape index (κ1) is 24.1. The maximum atomic E-state index is 13.7. The monoisotopic (exact) mass is 509 g/mol. The fraction of sp³-hybridized carbons (Fsp3) is 0.0370. The van der Waals surface area contributed by atoms with Crippen molar-refractivity contribution in [2.75, 3.05) is 0 Å². The summed E-state index contributed by atoms with van der Waals surface area (Å²) in [4.78, 5) is 55.2. The van der Waals surface area contributed by atoms with Gasteiger partial charge in [0.25, 0.3) is 16.8 Å². The normalized spacial score (nSPS) is 11.3. The number of nitro benzene ring substituents is 1. The van der Waals surface area contributed by atoms with Crippen LogP contribution in [0.15, 0.2) is 104 Å². The average Bonchev–Trinajstić information content (AvgIpc) is 2.93.